The van der Waals surface area contributed by atoms with E-state index in [1.807, 2.05) is 6.20 Å². The molecule has 1 fully saturated rings. The van der Waals surface area contributed by atoms with Gasteiger partial charge in [-0.2, -0.15) is 15.0 Å². The third-order valence-electron chi connectivity index (χ3n) is 2.99. The molecule has 1 heterocycles. The van der Waals surface area contributed by atoms with Gasteiger partial charge in [-0.1, -0.05) is 12.5 Å². The fourth-order valence-electron chi connectivity index (χ4n) is 1.92. The van der Waals surface area contributed by atoms with Gasteiger partial charge in [0.2, 0.25) is 17.8 Å². The Morgan fingerprint density at radius 3 is 2.29 bits per heavy atom. The lowest BCUT2D eigenvalue weighted by Crippen LogP contribution is -2.08. The summed E-state index contributed by atoms with van der Waals surface area (Å²) in [5.41, 5.74) is 12.4. The van der Waals surface area contributed by atoms with Crippen molar-refractivity contribution in [2.45, 2.75) is 32.6 Å². The zero-order chi connectivity index (χ0) is 12.3. The van der Waals surface area contributed by atoms with Gasteiger partial charge in [-0.3, -0.25) is 0 Å². The molecule has 1 saturated carbocycles. The van der Waals surface area contributed by atoms with E-state index in [2.05, 4.69) is 27.2 Å². The fraction of sp³-hybridized carbons (Fsp3) is 0.545. The number of hydrogen-bond acceptors (Lipinski definition) is 6. The minimum atomic E-state index is 0.135. The molecule has 0 aromatic carbocycles. The molecule has 0 atom stereocenters. The van der Waals surface area contributed by atoms with Gasteiger partial charge in [-0.25, -0.2) is 0 Å². The lowest BCUT2D eigenvalue weighted by atomic mass is 9.88. The van der Waals surface area contributed by atoms with E-state index in [1.54, 1.807) is 0 Å². The standard InChI is InChI=1S/C11H18N6/c1-7-2-4-8(5-3-7)6-14-11-16-9(12)15-10(13)17-11/h6-7H,2-5H2,1H3,(H5,12,13,14,15,16,17). The van der Waals surface area contributed by atoms with Crippen molar-refractivity contribution in [2.75, 3.05) is 16.8 Å². The molecule has 6 heteroatoms. The molecular formula is C11H18N6. The number of nitrogen functional groups attached to an aromatic ring is 2. The minimum absolute atomic E-state index is 0.135. The Balaban J connectivity index is 1.99. The summed E-state index contributed by atoms with van der Waals surface area (Å²) < 4.78 is 0. The van der Waals surface area contributed by atoms with Gasteiger partial charge >= 0.3 is 0 Å². The number of nitrogens with two attached hydrogens (primary N) is 2. The number of allylic oxidation sites excluding steroid dienone is 1. The molecule has 17 heavy (non-hydrogen) atoms. The number of nitrogens with one attached hydrogen (secondary N) is 1. The summed E-state index contributed by atoms with van der Waals surface area (Å²) in [5, 5.41) is 3.03. The van der Waals surface area contributed by atoms with Crippen LogP contribution in [0.2, 0.25) is 0 Å². The van der Waals surface area contributed by atoms with E-state index in [9.17, 15) is 0 Å². The van der Waals surface area contributed by atoms with E-state index in [0.717, 1.165) is 18.8 Å². The Hall–Kier alpha value is -1.85. The van der Waals surface area contributed by atoms with Crippen LogP contribution in [0, 0.1) is 5.92 Å². The molecule has 0 spiro atoms. The summed E-state index contributed by atoms with van der Waals surface area (Å²) in [6.45, 7) is 2.29. The number of nitrogens with zero attached hydrogens (tertiary/aromatic N) is 3. The first-order valence-corrected chi connectivity index (χ1v) is 5.85. The quantitative estimate of drug-likeness (QED) is 0.717. The van der Waals surface area contributed by atoms with Crippen molar-refractivity contribution in [3.63, 3.8) is 0 Å². The summed E-state index contributed by atoms with van der Waals surface area (Å²) >= 11 is 0. The van der Waals surface area contributed by atoms with Crippen LogP contribution in [0.25, 0.3) is 0 Å². The van der Waals surface area contributed by atoms with Crippen LogP contribution in [0.5, 0.6) is 0 Å². The molecule has 92 valence electrons. The summed E-state index contributed by atoms with van der Waals surface area (Å²) in [6, 6.07) is 0. The van der Waals surface area contributed by atoms with E-state index in [-0.39, 0.29) is 11.9 Å². The first kappa shape index (κ1) is 11.6. The van der Waals surface area contributed by atoms with Gasteiger partial charge in [0.25, 0.3) is 0 Å². The predicted molar refractivity (Wildman–Crippen MR) is 68.0 cm³/mol. The topological polar surface area (TPSA) is 103 Å². The predicted octanol–water partition coefficient (Wildman–Crippen LogP) is 1.54. The highest BCUT2D eigenvalue weighted by atomic mass is 15.2. The monoisotopic (exact) mass is 234 g/mol. The van der Waals surface area contributed by atoms with E-state index in [4.69, 9.17) is 11.5 Å². The Labute approximate surface area is 101 Å². The number of anilines is 3. The van der Waals surface area contributed by atoms with E-state index < -0.39 is 0 Å². The molecule has 1 aromatic heterocycles. The van der Waals surface area contributed by atoms with Crippen molar-refractivity contribution < 1.29 is 0 Å². The Kier molecular flexibility index (Phi) is 3.41. The third kappa shape index (κ3) is 3.30. The first-order valence-electron chi connectivity index (χ1n) is 5.85. The third-order valence-corrected chi connectivity index (χ3v) is 2.99. The molecular weight excluding hydrogens is 216 g/mol. The molecule has 0 amide bonds. The van der Waals surface area contributed by atoms with E-state index >= 15 is 0 Å². The van der Waals surface area contributed by atoms with Crippen LogP contribution in [0.3, 0.4) is 0 Å². The van der Waals surface area contributed by atoms with Gasteiger partial charge in [0.05, 0.1) is 0 Å². The van der Waals surface area contributed by atoms with Gasteiger partial charge < -0.3 is 16.8 Å². The summed E-state index contributed by atoms with van der Waals surface area (Å²) in [7, 11) is 0. The largest absolute Gasteiger partial charge is 0.368 e. The molecule has 1 aliphatic carbocycles. The van der Waals surface area contributed by atoms with E-state index in [1.165, 1.54) is 18.4 Å². The maximum absolute atomic E-state index is 5.48. The minimum Gasteiger partial charge on any atom is -0.368 e. The molecule has 0 saturated heterocycles. The van der Waals surface area contributed by atoms with Crippen LogP contribution in [-0.4, -0.2) is 15.0 Å². The molecule has 0 aliphatic heterocycles. The smallest absolute Gasteiger partial charge is 0.233 e. The molecule has 6 nitrogen and oxygen atoms in total. The van der Waals surface area contributed by atoms with Crippen molar-refractivity contribution in [3.8, 4) is 0 Å². The SMILES string of the molecule is CC1CCC(=CNc2nc(N)nc(N)n2)CC1. The van der Waals surface area contributed by atoms with Gasteiger partial charge in [0.15, 0.2) is 0 Å². The maximum atomic E-state index is 5.48. The lowest BCUT2D eigenvalue weighted by Gasteiger charge is -2.19. The first-order chi connectivity index (χ1) is 8.13. The molecule has 1 aliphatic rings. The highest BCUT2D eigenvalue weighted by Gasteiger charge is 2.12. The van der Waals surface area contributed by atoms with Gasteiger partial charge in [-0.15, -0.1) is 0 Å². The van der Waals surface area contributed by atoms with Crippen LogP contribution in [0.1, 0.15) is 32.6 Å². The van der Waals surface area contributed by atoms with Crippen LogP contribution in [-0.2, 0) is 0 Å². The molecule has 0 unspecified atom stereocenters. The molecule has 2 rings (SSSR count). The van der Waals surface area contributed by atoms with Crippen molar-refractivity contribution in [1.29, 1.82) is 0 Å². The number of rotatable bonds is 2. The van der Waals surface area contributed by atoms with Crippen LogP contribution in [0.4, 0.5) is 17.8 Å². The maximum Gasteiger partial charge on any atom is 0.233 e. The zero-order valence-corrected chi connectivity index (χ0v) is 9.98. The van der Waals surface area contributed by atoms with E-state index in [0.29, 0.717) is 5.95 Å². The second kappa shape index (κ2) is 4.99. The molecule has 0 bridgehead atoms. The van der Waals surface area contributed by atoms with Crippen molar-refractivity contribution in [1.82, 2.24) is 15.0 Å². The van der Waals surface area contributed by atoms with Crippen molar-refractivity contribution in [2.24, 2.45) is 5.92 Å². The van der Waals surface area contributed by atoms with Crippen LogP contribution < -0.4 is 16.8 Å². The lowest BCUT2D eigenvalue weighted by molar-refractivity contribution is 0.443. The van der Waals surface area contributed by atoms with Gasteiger partial charge in [-0.05, 0) is 31.6 Å². The summed E-state index contributed by atoms with van der Waals surface area (Å²) in [4.78, 5) is 11.6. The normalized spacial score (nSPS) is 20.1. The fourth-order valence-corrected chi connectivity index (χ4v) is 1.92. The highest BCUT2D eigenvalue weighted by Crippen LogP contribution is 2.27. The summed E-state index contributed by atoms with van der Waals surface area (Å²) in [5.74, 6) is 1.50. The second-order valence-electron chi connectivity index (χ2n) is 4.50. The van der Waals surface area contributed by atoms with Crippen molar-refractivity contribution >= 4 is 17.8 Å². The van der Waals surface area contributed by atoms with Gasteiger partial charge in [0, 0.05) is 6.20 Å². The second-order valence-corrected chi connectivity index (χ2v) is 4.50. The Morgan fingerprint density at radius 1 is 1.12 bits per heavy atom. The zero-order valence-electron chi connectivity index (χ0n) is 9.98. The number of aromatic nitrogens is 3. The average molecular weight is 234 g/mol. The van der Waals surface area contributed by atoms with Crippen LogP contribution in [0.15, 0.2) is 11.8 Å². The summed E-state index contributed by atoms with van der Waals surface area (Å²) in [6.07, 6.45) is 6.71. The molecule has 0 radical (unpaired) electrons. The van der Waals surface area contributed by atoms with Crippen LogP contribution >= 0.6 is 0 Å². The molecule has 5 N–H and O–H groups in total. The molecule has 1 aromatic rings. The van der Waals surface area contributed by atoms with Crippen molar-refractivity contribution in [3.05, 3.63) is 11.8 Å². The van der Waals surface area contributed by atoms with Gasteiger partial charge in [0.1, 0.15) is 0 Å². The highest BCUT2D eigenvalue weighted by molar-refractivity contribution is 5.39. The average Bonchev–Trinajstić information content (AvgIpc) is 2.27. The number of hydrogen-bond donors (Lipinski definition) is 3. The Morgan fingerprint density at radius 2 is 1.71 bits per heavy atom. The Bertz CT molecular complexity index is 398.